The van der Waals surface area contributed by atoms with Gasteiger partial charge in [0.1, 0.15) is 0 Å². The van der Waals surface area contributed by atoms with E-state index < -0.39 is 12.0 Å². The number of ketones is 1. The van der Waals surface area contributed by atoms with Gasteiger partial charge in [0, 0.05) is 5.02 Å². The zero-order valence-electron chi connectivity index (χ0n) is 7.38. The number of carbonyl (C=O) groups excluding carboxylic acids is 1. The van der Waals surface area contributed by atoms with Crippen LogP contribution in [-0.2, 0) is 4.79 Å². The van der Waals surface area contributed by atoms with Crippen molar-refractivity contribution in [2.24, 2.45) is 0 Å². The highest BCUT2D eigenvalue weighted by Gasteiger charge is 2.35. The van der Waals surface area contributed by atoms with Crippen LogP contribution in [0.25, 0.3) is 6.08 Å². The van der Waals surface area contributed by atoms with Gasteiger partial charge in [0.25, 0.3) is 5.78 Å². The van der Waals surface area contributed by atoms with Gasteiger partial charge in [-0.25, -0.2) is 0 Å². The SMILES string of the molecule is O=C(/C=C/c1ccccc1Cl)C(F)(F)F. The molecule has 0 saturated carbocycles. The van der Waals surface area contributed by atoms with Gasteiger partial charge in [0.15, 0.2) is 0 Å². The van der Waals surface area contributed by atoms with Crippen LogP contribution >= 0.6 is 11.6 Å². The molecule has 1 aromatic rings. The molecule has 0 amide bonds. The maximum absolute atomic E-state index is 11.8. The Morgan fingerprint density at radius 2 is 1.87 bits per heavy atom. The summed E-state index contributed by atoms with van der Waals surface area (Å²) in [6.45, 7) is 0. The normalized spacial score (nSPS) is 12.0. The predicted octanol–water partition coefficient (Wildman–Crippen LogP) is 3.48. The quantitative estimate of drug-likeness (QED) is 0.716. The molecule has 0 radical (unpaired) electrons. The van der Waals surface area contributed by atoms with Crippen molar-refractivity contribution in [3.05, 3.63) is 40.9 Å². The second kappa shape index (κ2) is 4.49. The molecule has 0 fully saturated rings. The predicted molar refractivity (Wildman–Crippen MR) is 51.5 cm³/mol. The fraction of sp³-hybridized carbons (Fsp3) is 0.100. The second-order valence-electron chi connectivity index (χ2n) is 2.72. The minimum Gasteiger partial charge on any atom is -0.285 e. The largest absolute Gasteiger partial charge is 0.454 e. The van der Waals surface area contributed by atoms with Crippen molar-refractivity contribution in [3.8, 4) is 0 Å². The van der Waals surface area contributed by atoms with Gasteiger partial charge in [-0.2, -0.15) is 13.2 Å². The van der Waals surface area contributed by atoms with Crippen LogP contribution in [0.15, 0.2) is 30.3 Å². The van der Waals surface area contributed by atoms with Crippen LogP contribution in [0.2, 0.25) is 5.02 Å². The summed E-state index contributed by atoms with van der Waals surface area (Å²) < 4.78 is 35.5. The number of alkyl halides is 3. The Morgan fingerprint density at radius 1 is 1.27 bits per heavy atom. The van der Waals surface area contributed by atoms with E-state index in [1.54, 1.807) is 12.1 Å². The monoisotopic (exact) mass is 234 g/mol. The summed E-state index contributed by atoms with van der Waals surface area (Å²) in [7, 11) is 0. The van der Waals surface area contributed by atoms with Crippen LogP contribution < -0.4 is 0 Å². The van der Waals surface area contributed by atoms with Gasteiger partial charge in [0.2, 0.25) is 0 Å². The second-order valence-corrected chi connectivity index (χ2v) is 3.12. The number of halogens is 4. The lowest BCUT2D eigenvalue weighted by molar-refractivity contribution is -0.165. The van der Waals surface area contributed by atoms with Crippen LogP contribution in [0, 0.1) is 0 Å². The molecule has 0 atom stereocenters. The first kappa shape index (κ1) is 11.8. The van der Waals surface area contributed by atoms with Crippen molar-refractivity contribution in [2.45, 2.75) is 6.18 Å². The standard InChI is InChI=1S/C10H6ClF3O/c11-8-4-2-1-3-7(8)5-6-9(15)10(12,13)14/h1-6H/b6-5+. The number of hydrogen-bond donors (Lipinski definition) is 0. The highest BCUT2D eigenvalue weighted by molar-refractivity contribution is 6.32. The molecule has 1 rings (SSSR count). The van der Waals surface area contributed by atoms with Crippen LogP contribution in [0.3, 0.4) is 0 Å². The summed E-state index contributed by atoms with van der Waals surface area (Å²) in [5.41, 5.74) is 0.372. The third-order valence-corrected chi connectivity index (χ3v) is 1.94. The molecule has 0 spiro atoms. The molecule has 1 nitrogen and oxygen atoms in total. The van der Waals surface area contributed by atoms with Gasteiger partial charge in [-0.05, 0) is 23.8 Å². The maximum Gasteiger partial charge on any atom is 0.454 e. The van der Waals surface area contributed by atoms with Crippen LogP contribution in [0.4, 0.5) is 13.2 Å². The summed E-state index contributed by atoms with van der Waals surface area (Å²) in [5, 5.41) is 0.295. The van der Waals surface area contributed by atoms with Crippen molar-refractivity contribution in [1.29, 1.82) is 0 Å². The van der Waals surface area contributed by atoms with Gasteiger partial charge >= 0.3 is 6.18 Å². The summed E-state index contributed by atoms with van der Waals surface area (Å²) in [4.78, 5) is 10.5. The molecule has 0 heterocycles. The van der Waals surface area contributed by atoms with Gasteiger partial charge in [-0.1, -0.05) is 29.8 Å². The Bertz CT molecular complexity index is 396. The molecule has 0 aliphatic rings. The van der Waals surface area contributed by atoms with E-state index in [-0.39, 0.29) is 0 Å². The Morgan fingerprint density at radius 3 is 2.40 bits per heavy atom. The molecular weight excluding hydrogens is 229 g/mol. The average molecular weight is 235 g/mol. The van der Waals surface area contributed by atoms with Gasteiger partial charge in [-0.15, -0.1) is 0 Å². The fourth-order valence-corrected chi connectivity index (χ4v) is 1.07. The van der Waals surface area contributed by atoms with E-state index in [1.807, 2.05) is 0 Å². The van der Waals surface area contributed by atoms with E-state index in [9.17, 15) is 18.0 Å². The first-order chi connectivity index (χ1) is 6.91. The molecule has 80 valence electrons. The van der Waals surface area contributed by atoms with Crippen LogP contribution in [0.1, 0.15) is 5.56 Å². The average Bonchev–Trinajstić information content (AvgIpc) is 2.14. The van der Waals surface area contributed by atoms with E-state index in [4.69, 9.17) is 11.6 Å². The molecule has 5 heteroatoms. The zero-order chi connectivity index (χ0) is 11.5. The van der Waals surface area contributed by atoms with E-state index in [2.05, 4.69) is 0 Å². The lowest BCUT2D eigenvalue weighted by atomic mass is 10.2. The molecule has 0 unspecified atom stereocenters. The van der Waals surface area contributed by atoms with Gasteiger partial charge in [-0.3, -0.25) is 4.79 Å². The van der Waals surface area contributed by atoms with Gasteiger partial charge in [0.05, 0.1) is 0 Å². The summed E-state index contributed by atoms with van der Waals surface area (Å²) in [5.74, 6) is -1.90. The van der Waals surface area contributed by atoms with Gasteiger partial charge < -0.3 is 0 Å². The Hall–Kier alpha value is -1.29. The Balaban J connectivity index is 2.84. The molecule has 0 bridgehead atoms. The number of carbonyl (C=O) groups is 1. The molecule has 0 aromatic heterocycles. The molecular formula is C10H6ClF3O. The third-order valence-electron chi connectivity index (χ3n) is 1.60. The molecule has 1 aromatic carbocycles. The third kappa shape index (κ3) is 3.40. The van der Waals surface area contributed by atoms with Crippen molar-refractivity contribution in [2.75, 3.05) is 0 Å². The molecule has 15 heavy (non-hydrogen) atoms. The van der Waals surface area contributed by atoms with Crippen molar-refractivity contribution in [3.63, 3.8) is 0 Å². The number of allylic oxidation sites excluding steroid dienone is 1. The maximum atomic E-state index is 11.8. The topological polar surface area (TPSA) is 17.1 Å². The van der Waals surface area contributed by atoms with Crippen molar-refractivity contribution in [1.82, 2.24) is 0 Å². The lowest BCUT2D eigenvalue weighted by Crippen LogP contribution is -2.19. The minimum atomic E-state index is -4.84. The summed E-state index contributed by atoms with van der Waals surface area (Å²) >= 11 is 5.68. The number of benzene rings is 1. The van der Waals surface area contributed by atoms with Crippen molar-refractivity contribution >= 4 is 23.5 Å². The van der Waals surface area contributed by atoms with E-state index >= 15 is 0 Å². The highest BCUT2D eigenvalue weighted by Crippen LogP contribution is 2.19. The van der Waals surface area contributed by atoms with Crippen LogP contribution in [0.5, 0.6) is 0 Å². The highest BCUT2D eigenvalue weighted by atomic mass is 35.5. The smallest absolute Gasteiger partial charge is 0.285 e. The minimum absolute atomic E-state index is 0.295. The molecule has 0 aliphatic heterocycles. The number of hydrogen-bond acceptors (Lipinski definition) is 1. The first-order valence-electron chi connectivity index (χ1n) is 3.95. The number of rotatable bonds is 2. The fourth-order valence-electron chi connectivity index (χ4n) is 0.870. The van der Waals surface area contributed by atoms with Crippen molar-refractivity contribution < 1.29 is 18.0 Å². The lowest BCUT2D eigenvalue weighted by Gasteiger charge is -2.00. The van der Waals surface area contributed by atoms with E-state index in [0.29, 0.717) is 16.7 Å². The Labute approximate surface area is 89.2 Å². The Kier molecular flexibility index (Phi) is 3.52. The first-order valence-corrected chi connectivity index (χ1v) is 4.33. The molecule has 0 N–H and O–H groups in total. The van der Waals surface area contributed by atoms with E-state index in [1.165, 1.54) is 12.1 Å². The van der Waals surface area contributed by atoms with E-state index in [0.717, 1.165) is 6.08 Å². The van der Waals surface area contributed by atoms with Crippen LogP contribution in [-0.4, -0.2) is 12.0 Å². The molecule has 0 saturated heterocycles. The summed E-state index contributed by atoms with van der Waals surface area (Å²) in [6, 6.07) is 6.30. The molecule has 0 aliphatic carbocycles. The zero-order valence-corrected chi connectivity index (χ0v) is 8.14. The summed E-state index contributed by atoms with van der Waals surface area (Å²) in [6.07, 6.45) is -3.34.